The van der Waals surface area contributed by atoms with Crippen LogP contribution in [-0.2, 0) is 13.0 Å². The molecule has 1 aromatic rings. The highest BCUT2D eigenvalue weighted by atomic mass is 15.3. The van der Waals surface area contributed by atoms with Crippen molar-refractivity contribution in [1.29, 1.82) is 0 Å². The van der Waals surface area contributed by atoms with Gasteiger partial charge in [0.25, 0.3) is 0 Å². The molecule has 3 N–H and O–H groups in total. The minimum Gasteiger partial charge on any atom is -0.271 e. The van der Waals surface area contributed by atoms with Crippen LogP contribution in [-0.4, -0.2) is 20.8 Å². The summed E-state index contributed by atoms with van der Waals surface area (Å²) in [6, 6.07) is 0.326. The first kappa shape index (κ1) is 14.5. The number of rotatable bonds is 6. The quantitative estimate of drug-likeness (QED) is 0.609. The summed E-state index contributed by atoms with van der Waals surface area (Å²) in [5, 5.41) is 4.29. The smallest absolute Gasteiger partial charge is 0.138 e. The Labute approximate surface area is 115 Å². The van der Waals surface area contributed by atoms with E-state index in [1.165, 1.54) is 25.7 Å². The van der Waals surface area contributed by atoms with Crippen molar-refractivity contribution < 1.29 is 0 Å². The highest BCUT2D eigenvalue weighted by molar-refractivity contribution is 4.92. The van der Waals surface area contributed by atoms with E-state index < -0.39 is 0 Å². The Balaban J connectivity index is 1.96. The lowest BCUT2D eigenvalue weighted by Gasteiger charge is -2.32. The molecule has 0 bridgehead atoms. The molecule has 1 unspecified atom stereocenters. The molecule has 0 radical (unpaired) electrons. The SMILES string of the molecule is CCCn1ncnc1CC(NN)C1CCC(C)CC1. The van der Waals surface area contributed by atoms with E-state index >= 15 is 0 Å². The van der Waals surface area contributed by atoms with E-state index in [1.807, 2.05) is 4.68 Å². The van der Waals surface area contributed by atoms with Crippen molar-refractivity contribution in [2.45, 2.75) is 65.0 Å². The van der Waals surface area contributed by atoms with E-state index in [2.05, 4.69) is 29.4 Å². The number of aryl methyl sites for hydroxylation is 1. The predicted molar refractivity (Wildman–Crippen MR) is 76.3 cm³/mol. The number of nitrogens with zero attached hydrogens (tertiary/aromatic N) is 3. The zero-order valence-electron chi connectivity index (χ0n) is 12.2. The molecule has 1 aromatic heterocycles. The summed E-state index contributed by atoms with van der Waals surface area (Å²) >= 11 is 0. The van der Waals surface area contributed by atoms with E-state index in [0.717, 1.165) is 31.1 Å². The van der Waals surface area contributed by atoms with Crippen LogP contribution in [0.15, 0.2) is 6.33 Å². The van der Waals surface area contributed by atoms with Gasteiger partial charge < -0.3 is 0 Å². The molecule has 19 heavy (non-hydrogen) atoms. The molecule has 0 spiro atoms. The third-order valence-electron chi connectivity index (χ3n) is 4.38. The maximum atomic E-state index is 5.77. The highest BCUT2D eigenvalue weighted by Gasteiger charge is 2.26. The fourth-order valence-electron chi connectivity index (χ4n) is 3.09. The van der Waals surface area contributed by atoms with E-state index in [9.17, 15) is 0 Å². The van der Waals surface area contributed by atoms with Crippen LogP contribution in [0, 0.1) is 11.8 Å². The van der Waals surface area contributed by atoms with Gasteiger partial charge in [0.2, 0.25) is 0 Å². The van der Waals surface area contributed by atoms with Gasteiger partial charge in [0.15, 0.2) is 0 Å². The zero-order valence-corrected chi connectivity index (χ0v) is 12.2. The second-order valence-corrected chi connectivity index (χ2v) is 5.90. The molecule has 1 aliphatic carbocycles. The van der Waals surface area contributed by atoms with E-state index in [-0.39, 0.29) is 0 Å². The van der Waals surface area contributed by atoms with Gasteiger partial charge in [-0.05, 0) is 31.1 Å². The van der Waals surface area contributed by atoms with Gasteiger partial charge in [0.1, 0.15) is 12.2 Å². The summed E-state index contributed by atoms with van der Waals surface area (Å²) in [5.74, 6) is 8.38. The summed E-state index contributed by atoms with van der Waals surface area (Å²) < 4.78 is 2.01. The van der Waals surface area contributed by atoms with Crippen LogP contribution in [0.2, 0.25) is 0 Å². The van der Waals surface area contributed by atoms with Crippen LogP contribution >= 0.6 is 0 Å². The molecule has 0 amide bonds. The van der Waals surface area contributed by atoms with Crippen molar-refractivity contribution in [3.8, 4) is 0 Å². The van der Waals surface area contributed by atoms with E-state index in [0.29, 0.717) is 12.0 Å². The molecule has 1 atom stereocenters. The predicted octanol–water partition coefficient (Wildman–Crippen LogP) is 1.89. The van der Waals surface area contributed by atoms with E-state index in [1.54, 1.807) is 6.33 Å². The Kier molecular flexibility index (Phi) is 5.34. The second kappa shape index (κ2) is 7.01. The molecule has 0 aliphatic heterocycles. The summed E-state index contributed by atoms with van der Waals surface area (Å²) in [7, 11) is 0. The van der Waals surface area contributed by atoms with Crippen LogP contribution in [0.1, 0.15) is 51.8 Å². The van der Waals surface area contributed by atoms with Gasteiger partial charge >= 0.3 is 0 Å². The van der Waals surface area contributed by atoms with Crippen molar-refractivity contribution in [2.24, 2.45) is 17.7 Å². The van der Waals surface area contributed by atoms with Crippen molar-refractivity contribution >= 4 is 0 Å². The summed E-state index contributed by atoms with van der Waals surface area (Å²) in [5.41, 5.74) is 3.01. The van der Waals surface area contributed by atoms with Gasteiger partial charge in [0.05, 0.1) is 0 Å². The van der Waals surface area contributed by atoms with Gasteiger partial charge in [-0.15, -0.1) is 0 Å². The third-order valence-corrected chi connectivity index (χ3v) is 4.38. The third kappa shape index (κ3) is 3.76. The molecule has 2 rings (SSSR count). The average Bonchev–Trinajstić information content (AvgIpc) is 2.85. The largest absolute Gasteiger partial charge is 0.271 e. The Hall–Kier alpha value is -0.940. The summed E-state index contributed by atoms with van der Waals surface area (Å²) in [4.78, 5) is 4.39. The minimum atomic E-state index is 0.326. The topological polar surface area (TPSA) is 68.8 Å². The molecule has 0 aromatic carbocycles. The Morgan fingerprint density at radius 3 is 2.79 bits per heavy atom. The maximum Gasteiger partial charge on any atom is 0.138 e. The lowest BCUT2D eigenvalue weighted by molar-refractivity contribution is 0.226. The number of nitrogens with one attached hydrogen (secondary N) is 1. The van der Waals surface area contributed by atoms with Crippen LogP contribution in [0.3, 0.4) is 0 Å². The molecule has 1 saturated carbocycles. The van der Waals surface area contributed by atoms with Crippen molar-refractivity contribution in [2.75, 3.05) is 0 Å². The zero-order chi connectivity index (χ0) is 13.7. The molecule has 108 valence electrons. The molecule has 0 saturated heterocycles. The molecule has 1 aliphatic rings. The Morgan fingerprint density at radius 2 is 2.16 bits per heavy atom. The van der Waals surface area contributed by atoms with Crippen LogP contribution < -0.4 is 11.3 Å². The van der Waals surface area contributed by atoms with Gasteiger partial charge in [-0.25, -0.2) is 4.98 Å². The number of nitrogens with two attached hydrogens (primary N) is 1. The number of hydrazine groups is 1. The van der Waals surface area contributed by atoms with Gasteiger partial charge in [-0.3, -0.25) is 16.0 Å². The van der Waals surface area contributed by atoms with Crippen molar-refractivity contribution in [3.05, 3.63) is 12.2 Å². The minimum absolute atomic E-state index is 0.326. The number of hydrogen-bond acceptors (Lipinski definition) is 4. The van der Waals surface area contributed by atoms with Gasteiger partial charge in [-0.2, -0.15) is 5.10 Å². The molecule has 5 heteroatoms. The van der Waals surface area contributed by atoms with Crippen molar-refractivity contribution in [1.82, 2.24) is 20.2 Å². The maximum absolute atomic E-state index is 5.77. The van der Waals surface area contributed by atoms with Crippen LogP contribution in [0.5, 0.6) is 0 Å². The van der Waals surface area contributed by atoms with Gasteiger partial charge in [0, 0.05) is 19.0 Å². The van der Waals surface area contributed by atoms with E-state index in [4.69, 9.17) is 5.84 Å². The first-order valence-corrected chi connectivity index (χ1v) is 7.57. The first-order chi connectivity index (χ1) is 9.24. The summed E-state index contributed by atoms with van der Waals surface area (Å²) in [6.07, 6.45) is 8.82. The molecule has 1 fully saturated rings. The average molecular weight is 265 g/mol. The second-order valence-electron chi connectivity index (χ2n) is 5.90. The lowest BCUT2D eigenvalue weighted by Crippen LogP contribution is -2.44. The monoisotopic (exact) mass is 265 g/mol. The molecular weight excluding hydrogens is 238 g/mol. The van der Waals surface area contributed by atoms with Crippen LogP contribution in [0.4, 0.5) is 0 Å². The molecule has 1 heterocycles. The Bertz CT molecular complexity index is 368. The highest BCUT2D eigenvalue weighted by Crippen LogP contribution is 2.31. The number of aromatic nitrogens is 3. The van der Waals surface area contributed by atoms with Crippen molar-refractivity contribution in [3.63, 3.8) is 0 Å². The standard InChI is InChI=1S/C14H27N5/c1-3-8-19-14(16-10-17-19)9-13(18-15)12-6-4-11(2)5-7-12/h10-13,18H,3-9,15H2,1-2H3. The fourth-order valence-corrected chi connectivity index (χ4v) is 3.09. The Morgan fingerprint density at radius 1 is 1.42 bits per heavy atom. The fraction of sp³-hybridized carbons (Fsp3) is 0.857. The summed E-state index contributed by atoms with van der Waals surface area (Å²) in [6.45, 7) is 5.44. The lowest BCUT2D eigenvalue weighted by atomic mass is 9.78. The normalized spacial score (nSPS) is 25.4. The number of hydrogen-bond donors (Lipinski definition) is 2. The van der Waals surface area contributed by atoms with Gasteiger partial charge in [-0.1, -0.05) is 26.7 Å². The molecule has 5 nitrogen and oxygen atoms in total. The molecular formula is C14H27N5. The van der Waals surface area contributed by atoms with Crippen LogP contribution in [0.25, 0.3) is 0 Å². The first-order valence-electron chi connectivity index (χ1n) is 7.57.